The molecule has 0 radical (unpaired) electrons. The zero-order chi connectivity index (χ0) is 20.9. The first-order valence-corrected chi connectivity index (χ1v) is 11.0. The molecule has 4 nitrogen and oxygen atoms in total. The number of benzene rings is 2. The van der Waals surface area contributed by atoms with Crippen LogP contribution in [0, 0.1) is 11.1 Å². The molecule has 1 aliphatic carbocycles. The van der Waals surface area contributed by atoms with Gasteiger partial charge in [0.1, 0.15) is 0 Å². The van der Waals surface area contributed by atoms with E-state index in [1.807, 2.05) is 37.3 Å². The van der Waals surface area contributed by atoms with Crippen molar-refractivity contribution in [1.29, 1.82) is 0 Å². The highest BCUT2D eigenvalue weighted by molar-refractivity contribution is 5.85. The van der Waals surface area contributed by atoms with Gasteiger partial charge in [-0.05, 0) is 30.4 Å². The molecule has 2 aromatic rings. The topological polar surface area (TPSA) is 44.5 Å². The number of nitrogens with zero attached hydrogens (tertiary/aromatic N) is 1. The molecule has 2 aliphatic rings. The lowest BCUT2D eigenvalue weighted by Crippen LogP contribution is -2.46. The molecule has 30 heavy (non-hydrogen) atoms. The van der Waals surface area contributed by atoms with E-state index >= 15 is 0 Å². The average molecular weight is 406 g/mol. The van der Waals surface area contributed by atoms with Crippen LogP contribution in [0.3, 0.4) is 0 Å². The van der Waals surface area contributed by atoms with Crippen molar-refractivity contribution in [1.82, 2.24) is 0 Å². The molecule has 4 rings (SSSR count). The summed E-state index contributed by atoms with van der Waals surface area (Å²) in [5.41, 5.74) is 3.08. The highest BCUT2D eigenvalue weighted by Gasteiger charge is 2.43. The van der Waals surface area contributed by atoms with E-state index in [1.54, 1.807) is 0 Å². The zero-order valence-corrected chi connectivity index (χ0v) is 17.7. The Hall–Kier alpha value is -2.59. The van der Waals surface area contributed by atoms with Crippen LogP contribution in [-0.2, 0) is 9.57 Å². The van der Waals surface area contributed by atoms with E-state index < -0.39 is 6.29 Å². The van der Waals surface area contributed by atoms with Crippen molar-refractivity contribution in [2.75, 3.05) is 0 Å². The number of hydrogen-bond donors (Lipinski definition) is 0. The third-order valence-corrected chi connectivity index (χ3v) is 6.55. The van der Waals surface area contributed by atoms with Crippen molar-refractivity contribution in [3.63, 3.8) is 0 Å². The predicted octanol–water partition coefficient (Wildman–Crippen LogP) is 5.95. The van der Waals surface area contributed by atoms with E-state index in [1.165, 1.54) is 12.0 Å². The van der Waals surface area contributed by atoms with Gasteiger partial charge in [0, 0.05) is 23.7 Å². The van der Waals surface area contributed by atoms with Crippen molar-refractivity contribution in [2.24, 2.45) is 5.92 Å². The summed E-state index contributed by atoms with van der Waals surface area (Å²) in [7, 11) is 0. The Kier molecular flexibility index (Phi) is 6.53. The number of rotatable bonds is 6. The van der Waals surface area contributed by atoms with Gasteiger partial charge in [0.25, 0.3) is 0 Å². The SMILES string of the molecule is C=CC[C@@H]1[C@@H](O[C@@H]2CCCC[C@H]2c2ccccc2)O[N+]([O-])=C(C)[C@H]1c1ccccc1. The fraction of sp³-hybridized carbons (Fsp3) is 0.423. The van der Waals surface area contributed by atoms with Gasteiger partial charge in [-0.3, -0.25) is 5.21 Å². The predicted molar refractivity (Wildman–Crippen MR) is 119 cm³/mol. The molecule has 5 atom stereocenters. The van der Waals surface area contributed by atoms with Crippen LogP contribution in [0.4, 0.5) is 0 Å². The maximum Gasteiger partial charge on any atom is 0.226 e. The summed E-state index contributed by atoms with van der Waals surface area (Å²) in [4.78, 5) is 6.44. The molecule has 1 aliphatic heterocycles. The van der Waals surface area contributed by atoms with Gasteiger partial charge >= 0.3 is 0 Å². The standard InChI is InChI=1S/C26H31NO3/c1-3-12-23-25(21-15-8-5-9-16-21)19(2)27(28)30-26(23)29-24-18-11-10-17-22(24)20-13-6-4-7-14-20/h3-9,13-16,22-26H,1,10-12,17-18H2,2H3/t22-,23-,24+,25-,26-/m0/s1. The largest absolute Gasteiger partial charge is 0.372 e. The molecule has 1 saturated carbocycles. The van der Waals surface area contributed by atoms with E-state index in [2.05, 4.69) is 43.0 Å². The van der Waals surface area contributed by atoms with Gasteiger partial charge in [-0.1, -0.05) is 79.6 Å². The summed E-state index contributed by atoms with van der Waals surface area (Å²) < 4.78 is 6.61. The quantitative estimate of drug-likeness (QED) is 0.441. The van der Waals surface area contributed by atoms with Gasteiger partial charge in [-0.25, -0.2) is 0 Å². The summed E-state index contributed by atoms with van der Waals surface area (Å²) >= 11 is 0. The van der Waals surface area contributed by atoms with Crippen LogP contribution in [-0.4, -0.2) is 23.0 Å². The van der Waals surface area contributed by atoms with E-state index in [0.29, 0.717) is 16.5 Å². The molecular formula is C26H31NO3. The molecule has 0 aromatic heterocycles. The van der Waals surface area contributed by atoms with E-state index in [-0.39, 0.29) is 17.9 Å². The Morgan fingerprint density at radius 3 is 2.33 bits per heavy atom. The maximum atomic E-state index is 12.7. The Balaban J connectivity index is 1.62. The lowest BCUT2D eigenvalue weighted by molar-refractivity contribution is -0.776. The highest BCUT2D eigenvalue weighted by atomic mass is 16.9. The van der Waals surface area contributed by atoms with Crippen molar-refractivity contribution < 1.29 is 14.5 Å². The summed E-state index contributed by atoms with van der Waals surface area (Å²) in [6.07, 6.45) is 6.50. The number of allylic oxidation sites excluding steroid dienone is 1. The molecule has 0 amide bonds. The zero-order valence-electron chi connectivity index (χ0n) is 17.7. The fourth-order valence-electron chi connectivity index (χ4n) is 5.06. The lowest BCUT2D eigenvalue weighted by Gasteiger charge is -2.41. The van der Waals surface area contributed by atoms with E-state index in [9.17, 15) is 5.21 Å². The van der Waals surface area contributed by atoms with Crippen LogP contribution in [0.1, 0.15) is 62.0 Å². The average Bonchev–Trinajstić information content (AvgIpc) is 2.79. The lowest BCUT2D eigenvalue weighted by atomic mass is 9.79. The van der Waals surface area contributed by atoms with Gasteiger partial charge in [-0.15, -0.1) is 6.58 Å². The Morgan fingerprint density at radius 2 is 1.67 bits per heavy atom. The van der Waals surface area contributed by atoms with Crippen molar-refractivity contribution >= 4 is 5.71 Å². The minimum absolute atomic E-state index is 0.00782. The van der Waals surface area contributed by atoms with E-state index in [0.717, 1.165) is 31.2 Å². The monoisotopic (exact) mass is 405 g/mol. The van der Waals surface area contributed by atoms with Crippen LogP contribution in [0.25, 0.3) is 0 Å². The molecule has 0 bridgehead atoms. The van der Waals surface area contributed by atoms with Gasteiger partial charge in [-0.2, -0.15) is 0 Å². The molecule has 0 saturated heterocycles. The van der Waals surface area contributed by atoms with Crippen molar-refractivity contribution in [3.8, 4) is 0 Å². The van der Waals surface area contributed by atoms with Crippen molar-refractivity contribution in [3.05, 3.63) is 89.7 Å². The molecule has 0 unspecified atom stereocenters. The molecule has 1 fully saturated rings. The van der Waals surface area contributed by atoms with Crippen LogP contribution in [0.2, 0.25) is 0 Å². The third-order valence-electron chi connectivity index (χ3n) is 6.55. The Morgan fingerprint density at radius 1 is 1.03 bits per heavy atom. The smallest absolute Gasteiger partial charge is 0.226 e. The van der Waals surface area contributed by atoms with Crippen LogP contribution in [0.15, 0.2) is 73.3 Å². The molecule has 0 N–H and O–H groups in total. The Bertz CT molecular complexity index is 864. The molecule has 0 spiro atoms. The number of ether oxygens (including phenoxy) is 1. The van der Waals surface area contributed by atoms with E-state index in [4.69, 9.17) is 9.57 Å². The van der Waals surface area contributed by atoms with Gasteiger partial charge < -0.3 is 9.57 Å². The normalized spacial score (nSPS) is 29.3. The minimum atomic E-state index is -0.594. The first-order valence-electron chi connectivity index (χ1n) is 11.0. The second-order valence-electron chi connectivity index (χ2n) is 8.43. The number of hydrogen-bond acceptors (Lipinski definition) is 3. The van der Waals surface area contributed by atoms with Crippen molar-refractivity contribution in [2.45, 2.75) is 63.3 Å². The van der Waals surface area contributed by atoms with Gasteiger partial charge in [0.15, 0.2) is 6.29 Å². The fourth-order valence-corrected chi connectivity index (χ4v) is 5.06. The van der Waals surface area contributed by atoms with Gasteiger partial charge in [0.2, 0.25) is 5.71 Å². The summed E-state index contributed by atoms with van der Waals surface area (Å²) in [5, 5.41) is 12.7. The van der Waals surface area contributed by atoms with Crippen LogP contribution < -0.4 is 0 Å². The van der Waals surface area contributed by atoms with Gasteiger partial charge in [0.05, 0.1) is 12.0 Å². The molecular weight excluding hydrogens is 374 g/mol. The minimum Gasteiger partial charge on any atom is -0.372 e. The summed E-state index contributed by atoms with van der Waals surface area (Å²) in [5.74, 6) is 0.280. The first-order chi connectivity index (χ1) is 14.7. The summed E-state index contributed by atoms with van der Waals surface area (Å²) in [6.45, 7) is 5.81. The molecule has 2 aromatic carbocycles. The second kappa shape index (κ2) is 9.48. The molecule has 158 valence electrons. The van der Waals surface area contributed by atoms with Crippen LogP contribution in [0.5, 0.6) is 0 Å². The maximum absolute atomic E-state index is 12.7. The van der Waals surface area contributed by atoms with Crippen LogP contribution >= 0.6 is 0 Å². The summed E-state index contributed by atoms with van der Waals surface area (Å²) in [6, 6.07) is 20.8. The highest BCUT2D eigenvalue weighted by Crippen LogP contribution is 2.41. The first kappa shape index (κ1) is 20.7. The molecule has 1 heterocycles. The second-order valence-corrected chi connectivity index (χ2v) is 8.43. The molecule has 4 heteroatoms. The third kappa shape index (κ3) is 4.29. The Labute approximate surface area is 179 Å².